The zero-order chi connectivity index (χ0) is 10.3. The first-order valence-electron chi connectivity index (χ1n) is 4.35. The number of fused-ring (bicyclic) bond motifs is 1. The van der Waals surface area contributed by atoms with E-state index in [2.05, 4.69) is 20.2 Å². The summed E-state index contributed by atoms with van der Waals surface area (Å²) in [6, 6.07) is 3.83. The van der Waals surface area contributed by atoms with E-state index < -0.39 is 0 Å². The quantitative estimate of drug-likeness (QED) is 0.649. The monoisotopic (exact) mass is 217 g/mol. The molecule has 6 heteroatoms. The predicted molar refractivity (Wildman–Crippen MR) is 59.4 cm³/mol. The van der Waals surface area contributed by atoms with Crippen LogP contribution in [0.3, 0.4) is 0 Å². The smallest absolute Gasteiger partial charge is 0.181 e. The molecule has 0 bridgehead atoms. The van der Waals surface area contributed by atoms with Crippen molar-refractivity contribution in [2.45, 2.75) is 0 Å². The first-order chi connectivity index (χ1) is 7.34. The number of H-pyrrole nitrogens is 1. The van der Waals surface area contributed by atoms with Gasteiger partial charge < -0.3 is 5.73 Å². The molecule has 0 aromatic carbocycles. The Hall–Kier alpha value is -1.95. The highest BCUT2D eigenvalue weighted by Gasteiger charge is 2.10. The number of thiazole rings is 1. The van der Waals surface area contributed by atoms with Gasteiger partial charge in [-0.2, -0.15) is 5.10 Å². The Morgan fingerprint density at radius 2 is 2.33 bits per heavy atom. The molecule has 15 heavy (non-hydrogen) atoms. The van der Waals surface area contributed by atoms with Crippen LogP contribution in [0.25, 0.3) is 22.4 Å². The third kappa shape index (κ3) is 1.26. The van der Waals surface area contributed by atoms with E-state index in [4.69, 9.17) is 5.73 Å². The lowest BCUT2D eigenvalue weighted by atomic mass is 10.2. The number of nitrogens with two attached hydrogens (primary N) is 1. The molecule has 0 aliphatic rings. The van der Waals surface area contributed by atoms with Crippen LogP contribution in [0.1, 0.15) is 0 Å². The number of pyridine rings is 1. The van der Waals surface area contributed by atoms with Crippen molar-refractivity contribution < 1.29 is 0 Å². The molecule has 3 N–H and O–H groups in total. The summed E-state index contributed by atoms with van der Waals surface area (Å²) in [5, 5.41) is 10.4. The molecule has 74 valence electrons. The van der Waals surface area contributed by atoms with Crippen LogP contribution in [0.4, 0.5) is 5.13 Å². The molecular formula is C9H7N5S. The fraction of sp³-hybridized carbons (Fsp3) is 0. The van der Waals surface area contributed by atoms with Gasteiger partial charge in [0.05, 0.1) is 5.69 Å². The van der Waals surface area contributed by atoms with Crippen LogP contribution in [0.5, 0.6) is 0 Å². The minimum atomic E-state index is 0.552. The standard InChI is InChI=1S/C9H7N5S/c10-9-12-6(4-15-9)7-5-2-1-3-11-8(5)14-13-7/h1-4H,(H2,10,12)(H,11,13,14). The lowest BCUT2D eigenvalue weighted by Crippen LogP contribution is -1.83. The van der Waals surface area contributed by atoms with Gasteiger partial charge in [-0.25, -0.2) is 9.97 Å². The molecule has 0 spiro atoms. The highest BCUT2D eigenvalue weighted by atomic mass is 32.1. The van der Waals surface area contributed by atoms with E-state index in [0.717, 1.165) is 16.8 Å². The SMILES string of the molecule is Nc1nc(-c2[nH]nc3ncccc23)cs1. The van der Waals surface area contributed by atoms with Crippen molar-refractivity contribution in [1.82, 2.24) is 20.2 Å². The largest absolute Gasteiger partial charge is 0.375 e. The number of hydrogen-bond donors (Lipinski definition) is 2. The molecular weight excluding hydrogens is 210 g/mol. The molecule has 0 saturated heterocycles. The lowest BCUT2D eigenvalue weighted by Gasteiger charge is -1.90. The Morgan fingerprint density at radius 1 is 1.40 bits per heavy atom. The van der Waals surface area contributed by atoms with Crippen molar-refractivity contribution in [3.8, 4) is 11.4 Å². The van der Waals surface area contributed by atoms with Gasteiger partial charge in [-0.05, 0) is 12.1 Å². The lowest BCUT2D eigenvalue weighted by molar-refractivity contribution is 1.10. The second-order valence-electron chi connectivity index (χ2n) is 3.04. The summed E-state index contributed by atoms with van der Waals surface area (Å²) >= 11 is 1.41. The van der Waals surface area contributed by atoms with Gasteiger partial charge in [0.25, 0.3) is 0 Å². The summed E-state index contributed by atoms with van der Waals surface area (Å²) in [4.78, 5) is 8.34. The van der Waals surface area contributed by atoms with Crippen LogP contribution < -0.4 is 5.73 Å². The van der Waals surface area contributed by atoms with Crippen LogP contribution in [-0.4, -0.2) is 20.2 Å². The number of nitrogen functional groups attached to an aromatic ring is 1. The Labute approximate surface area is 89.0 Å². The summed E-state index contributed by atoms with van der Waals surface area (Å²) in [6.07, 6.45) is 1.71. The van der Waals surface area contributed by atoms with E-state index in [9.17, 15) is 0 Å². The van der Waals surface area contributed by atoms with Crippen LogP contribution in [0.15, 0.2) is 23.7 Å². The molecule has 0 atom stereocenters. The first kappa shape index (κ1) is 8.37. The van der Waals surface area contributed by atoms with Gasteiger partial charge in [0, 0.05) is 17.0 Å². The summed E-state index contributed by atoms with van der Waals surface area (Å²) < 4.78 is 0. The van der Waals surface area contributed by atoms with Crippen LogP contribution in [0, 0.1) is 0 Å². The summed E-state index contributed by atoms with van der Waals surface area (Å²) in [5.74, 6) is 0. The molecule has 3 heterocycles. The molecule has 5 nitrogen and oxygen atoms in total. The molecule has 3 rings (SSSR count). The number of nitrogens with zero attached hydrogens (tertiary/aromatic N) is 3. The van der Waals surface area contributed by atoms with Gasteiger partial charge in [0.15, 0.2) is 10.8 Å². The fourth-order valence-corrected chi connectivity index (χ4v) is 2.00. The van der Waals surface area contributed by atoms with Gasteiger partial charge >= 0.3 is 0 Å². The fourth-order valence-electron chi connectivity index (χ4n) is 1.45. The molecule has 0 fully saturated rings. The molecule has 0 unspecified atom stereocenters. The number of nitrogens with one attached hydrogen (secondary N) is 1. The van der Waals surface area contributed by atoms with Crippen molar-refractivity contribution >= 4 is 27.5 Å². The van der Waals surface area contributed by atoms with E-state index in [1.807, 2.05) is 17.5 Å². The average molecular weight is 217 g/mol. The molecule has 0 aliphatic carbocycles. The molecule has 0 radical (unpaired) electrons. The number of anilines is 1. The van der Waals surface area contributed by atoms with E-state index in [-0.39, 0.29) is 0 Å². The van der Waals surface area contributed by atoms with Crippen LogP contribution >= 0.6 is 11.3 Å². The second-order valence-corrected chi connectivity index (χ2v) is 3.93. The summed E-state index contributed by atoms with van der Waals surface area (Å²) in [7, 11) is 0. The Bertz CT molecular complexity index is 612. The Morgan fingerprint density at radius 3 is 3.13 bits per heavy atom. The molecule has 0 saturated carbocycles. The number of aromatic amines is 1. The maximum atomic E-state index is 5.59. The number of aromatic nitrogens is 4. The maximum absolute atomic E-state index is 5.59. The highest BCUT2D eigenvalue weighted by molar-refractivity contribution is 7.13. The summed E-state index contributed by atoms with van der Waals surface area (Å²) in [6.45, 7) is 0. The van der Waals surface area contributed by atoms with Gasteiger partial charge in [0.1, 0.15) is 5.69 Å². The van der Waals surface area contributed by atoms with Crippen molar-refractivity contribution in [1.29, 1.82) is 0 Å². The molecule has 3 aromatic heterocycles. The second kappa shape index (κ2) is 3.03. The topological polar surface area (TPSA) is 80.5 Å². The van der Waals surface area contributed by atoms with Gasteiger partial charge in [-0.3, -0.25) is 5.10 Å². The normalized spacial score (nSPS) is 10.9. The highest BCUT2D eigenvalue weighted by Crippen LogP contribution is 2.26. The minimum absolute atomic E-state index is 0.552. The first-order valence-corrected chi connectivity index (χ1v) is 5.23. The number of hydrogen-bond acceptors (Lipinski definition) is 5. The zero-order valence-corrected chi connectivity index (χ0v) is 8.45. The molecule has 0 aliphatic heterocycles. The van der Waals surface area contributed by atoms with Crippen molar-refractivity contribution in [3.63, 3.8) is 0 Å². The molecule has 0 amide bonds. The van der Waals surface area contributed by atoms with Gasteiger partial charge in [-0.1, -0.05) is 0 Å². The number of rotatable bonds is 1. The average Bonchev–Trinajstić information content (AvgIpc) is 2.83. The zero-order valence-electron chi connectivity index (χ0n) is 7.64. The van der Waals surface area contributed by atoms with Crippen molar-refractivity contribution in [2.75, 3.05) is 5.73 Å². The third-order valence-corrected chi connectivity index (χ3v) is 2.78. The Kier molecular flexibility index (Phi) is 1.69. The van der Waals surface area contributed by atoms with Gasteiger partial charge in [-0.15, -0.1) is 11.3 Å². The predicted octanol–water partition coefficient (Wildman–Crippen LogP) is 1.66. The van der Waals surface area contributed by atoms with Crippen LogP contribution in [0.2, 0.25) is 0 Å². The molecule has 3 aromatic rings. The van der Waals surface area contributed by atoms with E-state index in [0.29, 0.717) is 10.8 Å². The van der Waals surface area contributed by atoms with E-state index in [1.54, 1.807) is 6.20 Å². The third-order valence-electron chi connectivity index (χ3n) is 2.11. The summed E-state index contributed by atoms with van der Waals surface area (Å²) in [5.41, 5.74) is 7.96. The van der Waals surface area contributed by atoms with Crippen molar-refractivity contribution in [2.24, 2.45) is 0 Å². The van der Waals surface area contributed by atoms with E-state index >= 15 is 0 Å². The van der Waals surface area contributed by atoms with Gasteiger partial charge in [0.2, 0.25) is 0 Å². The Balaban J connectivity index is 2.27. The van der Waals surface area contributed by atoms with Crippen LogP contribution in [-0.2, 0) is 0 Å². The van der Waals surface area contributed by atoms with Crippen molar-refractivity contribution in [3.05, 3.63) is 23.7 Å². The van der Waals surface area contributed by atoms with E-state index in [1.165, 1.54) is 11.3 Å². The maximum Gasteiger partial charge on any atom is 0.181 e. The minimum Gasteiger partial charge on any atom is -0.375 e.